The third-order valence-electron chi connectivity index (χ3n) is 11.2. The number of nitrogens with two attached hydrogens (primary N) is 2. The first-order chi connectivity index (χ1) is 30.0. The van der Waals surface area contributed by atoms with Gasteiger partial charge in [-0.3, -0.25) is 77.1 Å². The molecular weight excluding hydrogens is 825 g/mol. The molecular formula is C41H52N10O12. The molecule has 0 aromatic carbocycles. The standard InChI is InChI=1S/C41H52N10O12/c42-24-4-1-2-5-26(45-31(53)21-49-36(58)12-13-37(49)59)19-27(46-32(54)22-50-38(60)14-15-39(50)61)7-3-6-25(44-30(52)20-48-34(56)10-11-35(48)57)8-9-28(43)29(18-24)47-33(55)23-51-40(62)16-17-41(51)63/h10-17,24-29H,1-9,18-23,42-43H2,(H,44,52)(H,45,53)(H,46,54)(H,47,55)/t24?,25?,26?,27?,28-,29?/m1/s1. The second-order valence-electron chi connectivity index (χ2n) is 16.0. The van der Waals surface area contributed by atoms with Crippen molar-refractivity contribution in [2.24, 2.45) is 11.5 Å². The molecule has 0 spiro atoms. The van der Waals surface area contributed by atoms with Gasteiger partial charge in [0.25, 0.3) is 47.3 Å². The van der Waals surface area contributed by atoms with E-state index in [1.165, 1.54) is 0 Å². The molecule has 0 aromatic rings. The number of hydrogen-bond acceptors (Lipinski definition) is 14. The van der Waals surface area contributed by atoms with Gasteiger partial charge in [0, 0.05) is 84.9 Å². The van der Waals surface area contributed by atoms with E-state index in [1.807, 2.05) is 0 Å². The maximum absolute atomic E-state index is 13.3. The third-order valence-corrected chi connectivity index (χ3v) is 11.2. The normalized spacial score (nSPS) is 26.3. The number of carbonyl (C=O) groups is 12. The molecule has 6 atom stereocenters. The molecule has 5 rings (SSSR count). The van der Waals surface area contributed by atoms with Crippen molar-refractivity contribution < 1.29 is 57.5 Å². The largest absolute Gasteiger partial charge is 0.352 e. The van der Waals surface area contributed by atoms with Crippen molar-refractivity contribution in [3.05, 3.63) is 48.6 Å². The fraction of sp³-hybridized carbons (Fsp3) is 0.512. The Bertz CT molecular complexity index is 1960. The van der Waals surface area contributed by atoms with E-state index < -0.39 is 133 Å². The Balaban J connectivity index is 1.35. The maximum Gasteiger partial charge on any atom is 0.254 e. The van der Waals surface area contributed by atoms with Gasteiger partial charge in [-0.05, 0) is 57.8 Å². The molecule has 0 saturated heterocycles. The van der Waals surface area contributed by atoms with Gasteiger partial charge in [-0.2, -0.15) is 0 Å². The van der Waals surface area contributed by atoms with Crippen LogP contribution in [0.1, 0.15) is 70.6 Å². The first kappa shape index (κ1) is 47.4. The summed E-state index contributed by atoms with van der Waals surface area (Å²) in [6.45, 7) is -2.23. The Kier molecular flexibility index (Phi) is 16.5. The number of nitrogens with one attached hydrogen (secondary N) is 4. The number of carbonyl (C=O) groups excluding carboxylic acids is 12. The van der Waals surface area contributed by atoms with Crippen molar-refractivity contribution in [1.29, 1.82) is 0 Å². The van der Waals surface area contributed by atoms with Gasteiger partial charge in [-0.25, -0.2) is 0 Å². The van der Waals surface area contributed by atoms with Crippen LogP contribution in [0, 0.1) is 0 Å². The lowest BCUT2D eigenvalue weighted by Crippen LogP contribution is -2.53. The highest BCUT2D eigenvalue weighted by Crippen LogP contribution is 2.20. The van der Waals surface area contributed by atoms with E-state index in [2.05, 4.69) is 21.3 Å². The molecule has 1 saturated carbocycles. The Labute approximate surface area is 361 Å². The maximum atomic E-state index is 13.3. The molecule has 5 unspecified atom stereocenters. The van der Waals surface area contributed by atoms with Gasteiger partial charge in [-0.1, -0.05) is 12.8 Å². The molecule has 4 aliphatic heterocycles. The van der Waals surface area contributed by atoms with E-state index in [0.717, 1.165) is 68.2 Å². The van der Waals surface area contributed by atoms with Gasteiger partial charge in [-0.15, -0.1) is 0 Å². The van der Waals surface area contributed by atoms with Gasteiger partial charge < -0.3 is 32.7 Å². The summed E-state index contributed by atoms with van der Waals surface area (Å²) in [6, 6.07) is -3.93. The molecule has 1 aliphatic carbocycles. The fourth-order valence-electron chi connectivity index (χ4n) is 7.91. The highest BCUT2D eigenvalue weighted by molar-refractivity contribution is 6.16. The van der Waals surface area contributed by atoms with Crippen LogP contribution in [0.25, 0.3) is 0 Å². The van der Waals surface area contributed by atoms with Crippen LogP contribution >= 0.6 is 0 Å². The van der Waals surface area contributed by atoms with E-state index in [-0.39, 0.29) is 38.5 Å². The molecule has 0 aromatic heterocycles. The minimum atomic E-state index is -0.745. The van der Waals surface area contributed by atoms with E-state index in [1.54, 1.807) is 0 Å². The van der Waals surface area contributed by atoms with Gasteiger partial charge in [0.2, 0.25) is 23.6 Å². The lowest BCUT2D eigenvalue weighted by molar-refractivity contribution is -0.141. The molecule has 22 nitrogen and oxygen atoms in total. The van der Waals surface area contributed by atoms with Crippen molar-refractivity contribution in [2.75, 3.05) is 26.2 Å². The molecule has 63 heavy (non-hydrogen) atoms. The highest BCUT2D eigenvalue weighted by atomic mass is 16.2. The summed E-state index contributed by atoms with van der Waals surface area (Å²) in [5.74, 6) is -7.78. The van der Waals surface area contributed by atoms with Crippen LogP contribution in [0.4, 0.5) is 0 Å². The minimum Gasteiger partial charge on any atom is -0.352 e. The molecule has 22 heteroatoms. The van der Waals surface area contributed by atoms with Gasteiger partial charge in [0.1, 0.15) is 26.2 Å². The van der Waals surface area contributed by atoms with Crippen molar-refractivity contribution in [2.45, 2.75) is 107 Å². The Morgan fingerprint density at radius 3 is 1.13 bits per heavy atom. The van der Waals surface area contributed by atoms with Gasteiger partial charge in [0.05, 0.1) is 0 Å². The van der Waals surface area contributed by atoms with E-state index >= 15 is 0 Å². The zero-order valence-corrected chi connectivity index (χ0v) is 34.5. The summed E-state index contributed by atoms with van der Waals surface area (Å²) >= 11 is 0. The number of nitrogens with zero attached hydrogens (tertiary/aromatic N) is 4. The second kappa shape index (κ2) is 21.9. The first-order valence-corrected chi connectivity index (χ1v) is 20.8. The van der Waals surface area contributed by atoms with Crippen LogP contribution in [0.5, 0.6) is 0 Å². The first-order valence-electron chi connectivity index (χ1n) is 20.8. The Morgan fingerprint density at radius 1 is 0.413 bits per heavy atom. The van der Waals surface area contributed by atoms with Crippen LogP contribution in [-0.4, -0.2) is 153 Å². The average Bonchev–Trinajstić information content (AvgIpc) is 3.93. The highest BCUT2D eigenvalue weighted by Gasteiger charge is 2.33. The van der Waals surface area contributed by atoms with E-state index in [9.17, 15) is 57.5 Å². The molecule has 12 amide bonds. The van der Waals surface area contributed by atoms with Crippen LogP contribution in [0.3, 0.4) is 0 Å². The topological polar surface area (TPSA) is 318 Å². The lowest BCUT2D eigenvalue weighted by atomic mass is 9.92. The molecule has 1 fully saturated rings. The average molecular weight is 877 g/mol. The number of hydrogen-bond donors (Lipinski definition) is 6. The van der Waals surface area contributed by atoms with Crippen molar-refractivity contribution in [1.82, 2.24) is 40.9 Å². The quantitative estimate of drug-likeness (QED) is 0.104. The predicted molar refractivity (Wildman–Crippen MR) is 218 cm³/mol. The van der Waals surface area contributed by atoms with Crippen molar-refractivity contribution in [3.8, 4) is 0 Å². The lowest BCUT2D eigenvalue weighted by Gasteiger charge is -2.30. The zero-order valence-electron chi connectivity index (χ0n) is 34.5. The summed E-state index contributed by atoms with van der Waals surface area (Å²) in [4.78, 5) is 154. The molecule has 0 radical (unpaired) electrons. The number of imide groups is 4. The number of rotatable bonds is 12. The van der Waals surface area contributed by atoms with Crippen LogP contribution in [0.15, 0.2) is 48.6 Å². The monoisotopic (exact) mass is 876 g/mol. The Morgan fingerprint density at radius 2 is 0.730 bits per heavy atom. The molecule has 4 heterocycles. The third kappa shape index (κ3) is 13.7. The van der Waals surface area contributed by atoms with Crippen LogP contribution < -0.4 is 32.7 Å². The Hall–Kier alpha value is -6.68. The molecule has 8 N–H and O–H groups in total. The zero-order chi connectivity index (χ0) is 45.8. The smallest absolute Gasteiger partial charge is 0.254 e. The van der Waals surface area contributed by atoms with Crippen LogP contribution in [-0.2, 0) is 57.5 Å². The molecule has 0 bridgehead atoms. The molecule has 338 valence electrons. The van der Waals surface area contributed by atoms with Gasteiger partial charge >= 0.3 is 0 Å². The van der Waals surface area contributed by atoms with Gasteiger partial charge in [0.15, 0.2) is 0 Å². The second-order valence-corrected chi connectivity index (χ2v) is 16.0. The molecule has 5 aliphatic rings. The van der Waals surface area contributed by atoms with E-state index in [4.69, 9.17) is 11.5 Å². The number of amides is 12. The summed E-state index contributed by atoms with van der Waals surface area (Å²) < 4.78 is 0. The summed E-state index contributed by atoms with van der Waals surface area (Å²) in [6.07, 6.45) is 11.9. The van der Waals surface area contributed by atoms with Crippen molar-refractivity contribution >= 4 is 70.9 Å². The summed E-state index contributed by atoms with van der Waals surface area (Å²) in [5.41, 5.74) is 13.3. The van der Waals surface area contributed by atoms with E-state index in [0.29, 0.717) is 32.1 Å². The van der Waals surface area contributed by atoms with Crippen molar-refractivity contribution in [3.63, 3.8) is 0 Å². The minimum absolute atomic E-state index is 0.142. The fourth-order valence-corrected chi connectivity index (χ4v) is 7.91. The summed E-state index contributed by atoms with van der Waals surface area (Å²) in [7, 11) is 0. The summed E-state index contributed by atoms with van der Waals surface area (Å²) in [5, 5.41) is 11.4. The van der Waals surface area contributed by atoms with Crippen LogP contribution in [0.2, 0.25) is 0 Å². The SMILES string of the molecule is NC1CCCCC(NC(=O)CN2C(=O)C=CC2=O)CC(NC(=O)CN2C(=O)C=CC2=O)CCCC(NC(=O)CN2C(=O)C=CC2=O)CC[C@@H](N)C(NC(=O)CN2C(=O)C=CC2=O)C1. The predicted octanol–water partition coefficient (Wildman–Crippen LogP) is -3.42.